The second-order valence-corrected chi connectivity index (χ2v) is 14.9. The lowest BCUT2D eigenvalue weighted by Crippen LogP contribution is -2.34. The van der Waals surface area contributed by atoms with Crippen LogP contribution in [0, 0.1) is 25.7 Å². The summed E-state index contributed by atoms with van der Waals surface area (Å²) < 4.78 is 0. The van der Waals surface area contributed by atoms with E-state index in [-0.39, 0.29) is 11.8 Å². The molecule has 0 radical (unpaired) electrons. The van der Waals surface area contributed by atoms with Gasteiger partial charge in [0.2, 0.25) is 0 Å². The fourth-order valence-corrected chi connectivity index (χ4v) is 9.10. The van der Waals surface area contributed by atoms with Crippen molar-refractivity contribution in [2.45, 2.75) is 92.9 Å². The van der Waals surface area contributed by atoms with E-state index in [4.69, 9.17) is 0 Å². The van der Waals surface area contributed by atoms with E-state index in [0.29, 0.717) is 41.6 Å². The first-order chi connectivity index (χ1) is 22.3. The predicted molar refractivity (Wildman–Crippen MR) is 193 cm³/mol. The maximum Gasteiger partial charge on any atom is 0.261 e. The highest BCUT2D eigenvalue weighted by Crippen LogP contribution is 2.50. The molecule has 0 bridgehead atoms. The molecule has 2 amide bonds. The van der Waals surface area contributed by atoms with Crippen molar-refractivity contribution in [1.82, 2.24) is 9.80 Å². The molecule has 2 aliphatic rings. The van der Waals surface area contributed by atoms with E-state index >= 15 is 0 Å². The number of nitrogens with zero attached hydrogens (tertiary/aromatic N) is 2. The Hall–Kier alpha value is -3.29. The lowest BCUT2D eigenvalue weighted by molar-refractivity contribution is -0.124. The van der Waals surface area contributed by atoms with Crippen LogP contribution in [0.25, 0.3) is 21.8 Å². The molecule has 244 valence electrons. The van der Waals surface area contributed by atoms with Gasteiger partial charge in [-0.05, 0) is 90.9 Å². The average molecular weight is 657 g/mol. The minimum Gasteiger partial charge on any atom is -0.306 e. The molecule has 1 aromatic carbocycles. The molecule has 5 nitrogen and oxygen atoms in total. The van der Waals surface area contributed by atoms with Crippen molar-refractivity contribution in [2.24, 2.45) is 11.8 Å². The SMILES string of the molecule is CCCCC(CC)CN1C(=O)C2=C(c3ccc(-c4c(C)cc(C=O)cc4C)s3)N(CC(CC)CCCC)C(=O)C2=C1c1cccs1. The van der Waals surface area contributed by atoms with Crippen LogP contribution in [0.4, 0.5) is 0 Å². The van der Waals surface area contributed by atoms with E-state index < -0.39 is 0 Å². The highest BCUT2D eigenvalue weighted by Gasteiger charge is 2.50. The zero-order valence-corrected chi connectivity index (χ0v) is 29.9. The van der Waals surface area contributed by atoms with Crippen molar-refractivity contribution in [3.8, 4) is 10.4 Å². The van der Waals surface area contributed by atoms with Gasteiger partial charge in [-0.2, -0.15) is 0 Å². The molecular formula is C39H48N2O3S2. The van der Waals surface area contributed by atoms with E-state index in [1.807, 2.05) is 53.3 Å². The zero-order chi connectivity index (χ0) is 33.0. The summed E-state index contributed by atoms with van der Waals surface area (Å²) >= 11 is 3.23. The monoisotopic (exact) mass is 656 g/mol. The number of fused-ring (bicyclic) bond motifs is 1. The van der Waals surface area contributed by atoms with Crippen LogP contribution in [-0.4, -0.2) is 41.0 Å². The van der Waals surface area contributed by atoms with Gasteiger partial charge in [0, 0.05) is 23.5 Å². The number of aldehydes is 1. The van der Waals surface area contributed by atoms with Gasteiger partial charge in [0.05, 0.1) is 32.3 Å². The molecule has 4 heterocycles. The Morgan fingerprint density at radius 2 is 1.26 bits per heavy atom. The summed E-state index contributed by atoms with van der Waals surface area (Å²) in [6.07, 6.45) is 9.49. The van der Waals surface area contributed by atoms with Crippen LogP contribution in [0.5, 0.6) is 0 Å². The number of carbonyl (C=O) groups excluding carboxylic acids is 3. The maximum absolute atomic E-state index is 14.7. The summed E-state index contributed by atoms with van der Waals surface area (Å²) in [6, 6.07) is 12.1. The fraction of sp³-hybridized carbons (Fsp3) is 0.462. The van der Waals surface area contributed by atoms with Gasteiger partial charge in [-0.15, -0.1) is 22.7 Å². The number of hydrogen-bond acceptors (Lipinski definition) is 5. The molecule has 0 N–H and O–H groups in total. The molecule has 3 aromatic rings. The largest absolute Gasteiger partial charge is 0.306 e. The molecule has 2 aromatic heterocycles. The molecule has 0 saturated heterocycles. The van der Waals surface area contributed by atoms with Crippen LogP contribution >= 0.6 is 22.7 Å². The highest BCUT2D eigenvalue weighted by molar-refractivity contribution is 7.16. The van der Waals surface area contributed by atoms with Gasteiger partial charge in [0.15, 0.2) is 0 Å². The smallest absolute Gasteiger partial charge is 0.261 e. The summed E-state index contributed by atoms with van der Waals surface area (Å²) in [4.78, 5) is 47.8. The van der Waals surface area contributed by atoms with E-state index in [1.165, 1.54) is 0 Å². The van der Waals surface area contributed by atoms with Crippen LogP contribution in [0.15, 0.2) is 52.9 Å². The Kier molecular flexibility index (Phi) is 11.2. The summed E-state index contributed by atoms with van der Waals surface area (Å²) in [7, 11) is 0. The van der Waals surface area contributed by atoms with E-state index in [2.05, 4.69) is 39.8 Å². The first kappa shape index (κ1) is 34.1. The minimum absolute atomic E-state index is 0.0431. The van der Waals surface area contributed by atoms with Gasteiger partial charge in [-0.1, -0.05) is 72.3 Å². The van der Waals surface area contributed by atoms with Crippen LogP contribution < -0.4 is 0 Å². The summed E-state index contributed by atoms with van der Waals surface area (Å²) in [5.41, 5.74) is 6.58. The van der Waals surface area contributed by atoms with E-state index in [0.717, 1.165) is 100 Å². The first-order valence-electron chi connectivity index (χ1n) is 17.1. The summed E-state index contributed by atoms with van der Waals surface area (Å²) in [6.45, 7) is 14.1. The number of unbranched alkanes of at least 4 members (excludes halogenated alkanes) is 2. The minimum atomic E-state index is -0.0431. The van der Waals surface area contributed by atoms with Crippen molar-refractivity contribution in [2.75, 3.05) is 13.1 Å². The summed E-state index contributed by atoms with van der Waals surface area (Å²) in [5.74, 6) is 0.645. The molecule has 0 saturated carbocycles. The number of carbonyl (C=O) groups is 3. The third-order valence-electron chi connectivity index (χ3n) is 9.68. The molecule has 2 atom stereocenters. The second kappa shape index (κ2) is 15.1. The number of amides is 2. The van der Waals surface area contributed by atoms with Crippen molar-refractivity contribution in [3.05, 3.63) is 79.4 Å². The van der Waals surface area contributed by atoms with Gasteiger partial charge in [0.25, 0.3) is 11.8 Å². The normalized spacial score (nSPS) is 16.2. The van der Waals surface area contributed by atoms with E-state index in [1.54, 1.807) is 22.7 Å². The van der Waals surface area contributed by atoms with Gasteiger partial charge in [-0.25, -0.2) is 0 Å². The lowest BCUT2D eigenvalue weighted by atomic mass is 9.98. The second-order valence-electron chi connectivity index (χ2n) is 12.9. The molecule has 46 heavy (non-hydrogen) atoms. The third-order valence-corrected chi connectivity index (χ3v) is 11.7. The Morgan fingerprint density at radius 1 is 0.739 bits per heavy atom. The molecule has 5 rings (SSSR count). The molecular weight excluding hydrogens is 609 g/mol. The van der Waals surface area contributed by atoms with Gasteiger partial charge >= 0.3 is 0 Å². The highest BCUT2D eigenvalue weighted by atomic mass is 32.1. The Balaban J connectivity index is 1.67. The van der Waals surface area contributed by atoms with Crippen molar-refractivity contribution in [3.63, 3.8) is 0 Å². The zero-order valence-electron chi connectivity index (χ0n) is 28.3. The Labute approximate surface area is 283 Å². The topological polar surface area (TPSA) is 57.7 Å². The number of thiophene rings is 2. The summed E-state index contributed by atoms with van der Waals surface area (Å²) in [5, 5.41) is 2.03. The van der Waals surface area contributed by atoms with Crippen molar-refractivity contribution < 1.29 is 14.4 Å². The molecule has 2 unspecified atom stereocenters. The number of benzene rings is 1. The number of hydrogen-bond donors (Lipinski definition) is 0. The number of rotatable bonds is 16. The standard InChI is InChI=1S/C39H48N2O3S2/c1-7-11-14-27(9-3)22-40-36(31-16-13-19-45-31)34-35(39(40)44)37(41(38(34)43)23-28(10-4)15-12-8-2)32-18-17-30(46-32)33-25(5)20-29(24-42)21-26(33)6/h13,16-21,24,27-28H,7-12,14-15,22-23H2,1-6H3. The molecule has 7 heteroatoms. The molecule has 2 aliphatic heterocycles. The van der Waals surface area contributed by atoms with Gasteiger partial charge < -0.3 is 9.80 Å². The lowest BCUT2D eigenvalue weighted by Gasteiger charge is -2.29. The quantitative estimate of drug-likeness (QED) is 0.144. The Bertz CT molecular complexity index is 1620. The Morgan fingerprint density at radius 3 is 1.72 bits per heavy atom. The maximum atomic E-state index is 14.7. The molecule has 0 fully saturated rings. The van der Waals surface area contributed by atoms with Crippen LogP contribution in [-0.2, 0) is 9.59 Å². The van der Waals surface area contributed by atoms with Gasteiger partial charge in [-0.3, -0.25) is 14.4 Å². The number of aryl methyl sites for hydroxylation is 2. The average Bonchev–Trinajstić information content (AvgIpc) is 3.84. The van der Waals surface area contributed by atoms with Gasteiger partial charge in [0.1, 0.15) is 6.29 Å². The van der Waals surface area contributed by atoms with Crippen LogP contribution in [0.3, 0.4) is 0 Å². The predicted octanol–water partition coefficient (Wildman–Crippen LogP) is 10.1. The molecule has 0 spiro atoms. The molecule has 0 aliphatic carbocycles. The van der Waals surface area contributed by atoms with E-state index in [9.17, 15) is 14.4 Å². The van der Waals surface area contributed by atoms with Crippen molar-refractivity contribution >= 4 is 52.2 Å². The van der Waals surface area contributed by atoms with Crippen molar-refractivity contribution in [1.29, 1.82) is 0 Å². The third kappa shape index (κ3) is 6.59. The van der Waals surface area contributed by atoms with Crippen LogP contribution in [0.1, 0.15) is 110 Å². The first-order valence-corrected chi connectivity index (χ1v) is 18.8. The fourth-order valence-electron chi connectivity index (χ4n) is 7.07. The van der Waals surface area contributed by atoms with Crippen LogP contribution in [0.2, 0.25) is 0 Å².